The molecule has 0 amide bonds. The van der Waals surface area contributed by atoms with Gasteiger partial charge in [-0.15, -0.1) is 0 Å². The van der Waals surface area contributed by atoms with Crippen LogP contribution in [0.4, 0.5) is 0 Å². The van der Waals surface area contributed by atoms with E-state index in [0.29, 0.717) is 0 Å². The van der Waals surface area contributed by atoms with E-state index in [2.05, 4.69) is 27.4 Å². The van der Waals surface area contributed by atoms with Crippen molar-refractivity contribution < 1.29 is 0 Å². The molecule has 2 aliphatic rings. The van der Waals surface area contributed by atoms with Crippen LogP contribution in [0.25, 0.3) is 0 Å². The quantitative estimate of drug-likeness (QED) is 0.490. The molecule has 0 N–H and O–H groups in total. The summed E-state index contributed by atoms with van der Waals surface area (Å²) in [5, 5.41) is 0. The highest BCUT2D eigenvalue weighted by Crippen LogP contribution is 2.45. The Morgan fingerprint density at radius 1 is 1.00 bits per heavy atom. The maximum absolute atomic E-state index is 4.16. The molecule has 0 nitrogen and oxygen atoms in total. The molecule has 2 rings (SSSR count). The summed E-state index contributed by atoms with van der Waals surface area (Å²) in [6.07, 6.45) is 6.83. The third kappa shape index (κ3) is 3.24. The van der Waals surface area contributed by atoms with E-state index >= 15 is 0 Å². The van der Waals surface area contributed by atoms with Crippen LogP contribution in [-0.4, -0.2) is 0 Å². The Kier molecular flexibility index (Phi) is 6.23. The maximum atomic E-state index is 4.16. The average Bonchev–Trinajstić information content (AvgIpc) is 2.43. The summed E-state index contributed by atoms with van der Waals surface area (Å²) in [4.78, 5) is 0. The van der Waals surface area contributed by atoms with Crippen LogP contribution in [0.1, 0.15) is 67.7 Å². The Morgan fingerprint density at radius 2 is 1.59 bits per heavy atom. The minimum Gasteiger partial charge on any atom is -0.0998 e. The molecule has 0 spiro atoms. The lowest BCUT2D eigenvalue weighted by Crippen LogP contribution is -2.04. The molecule has 17 heavy (non-hydrogen) atoms. The molecular weight excluding hydrogens is 204 g/mol. The molecule has 0 heteroatoms. The first-order chi connectivity index (χ1) is 7.09. The van der Waals surface area contributed by atoms with Gasteiger partial charge < -0.3 is 0 Å². The molecule has 0 fully saturated rings. The first kappa shape index (κ1) is 16.5. The summed E-state index contributed by atoms with van der Waals surface area (Å²) >= 11 is 0. The van der Waals surface area contributed by atoms with E-state index in [1.54, 1.807) is 5.57 Å². The fourth-order valence-electron chi connectivity index (χ4n) is 3.33. The van der Waals surface area contributed by atoms with Crippen molar-refractivity contribution in [1.29, 1.82) is 0 Å². The van der Waals surface area contributed by atoms with E-state index in [4.69, 9.17) is 0 Å². The molecule has 0 heterocycles. The molecule has 0 saturated carbocycles. The SMILES string of the molecule is C.C.C=C(C)[C@@H]1CC[C@H](C)C2=C(C1)[C@@H](C)CC2. The average molecular weight is 236 g/mol. The normalized spacial score (nSPS) is 32.1. The van der Waals surface area contributed by atoms with E-state index in [0.717, 1.165) is 17.8 Å². The smallest absolute Gasteiger partial charge is 0.0171 e. The van der Waals surface area contributed by atoms with Crippen LogP contribution in [0.3, 0.4) is 0 Å². The topological polar surface area (TPSA) is 0 Å². The Labute approximate surface area is 109 Å². The van der Waals surface area contributed by atoms with Gasteiger partial charge in [-0.05, 0) is 56.8 Å². The highest BCUT2D eigenvalue weighted by Gasteiger charge is 2.30. The monoisotopic (exact) mass is 236 g/mol. The summed E-state index contributed by atoms with van der Waals surface area (Å²) in [5.41, 5.74) is 5.01. The second-order valence-corrected chi connectivity index (χ2v) is 5.72. The van der Waals surface area contributed by atoms with Crippen molar-refractivity contribution in [3.63, 3.8) is 0 Å². The summed E-state index contributed by atoms with van der Waals surface area (Å²) in [7, 11) is 0. The first-order valence-corrected chi connectivity index (χ1v) is 6.46. The second-order valence-electron chi connectivity index (χ2n) is 5.72. The third-order valence-electron chi connectivity index (χ3n) is 4.56. The highest BCUT2D eigenvalue weighted by molar-refractivity contribution is 5.27. The predicted molar refractivity (Wildman–Crippen MR) is 80.2 cm³/mol. The molecule has 0 aromatic heterocycles. The van der Waals surface area contributed by atoms with Crippen molar-refractivity contribution in [2.45, 2.75) is 67.7 Å². The fraction of sp³-hybridized carbons (Fsp3) is 0.765. The number of hydrogen-bond acceptors (Lipinski definition) is 0. The molecule has 3 atom stereocenters. The number of allylic oxidation sites excluding steroid dienone is 3. The van der Waals surface area contributed by atoms with Gasteiger partial charge in [0, 0.05) is 0 Å². The van der Waals surface area contributed by atoms with Crippen molar-refractivity contribution in [3.8, 4) is 0 Å². The highest BCUT2D eigenvalue weighted by atomic mass is 14.4. The van der Waals surface area contributed by atoms with Gasteiger partial charge in [0.25, 0.3) is 0 Å². The third-order valence-corrected chi connectivity index (χ3v) is 4.56. The van der Waals surface area contributed by atoms with Crippen LogP contribution in [0.2, 0.25) is 0 Å². The minimum absolute atomic E-state index is 0. The maximum Gasteiger partial charge on any atom is -0.0171 e. The van der Waals surface area contributed by atoms with Gasteiger partial charge in [-0.2, -0.15) is 0 Å². The number of hydrogen-bond donors (Lipinski definition) is 0. The van der Waals surface area contributed by atoms with Crippen molar-refractivity contribution in [1.82, 2.24) is 0 Å². The lowest BCUT2D eigenvalue weighted by atomic mass is 9.88. The number of rotatable bonds is 1. The summed E-state index contributed by atoms with van der Waals surface area (Å²) in [6.45, 7) is 11.2. The van der Waals surface area contributed by atoms with Crippen molar-refractivity contribution in [2.24, 2.45) is 17.8 Å². The van der Waals surface area contributed by atoms with Gasteiger partial charge in [0.15, 0.2) is 0 Å². The van der Waals surface area contributed by atoms with Gasteiger partial charge in [-0.3, -0.25) is 0 Å². The van der Waals surface area contributed by atoms with E-state index in [-0.39, 0.29) is 14.9 Å². The van der Waals surface area contributed by atoms with Gasteiger partial charge in [0.05, 0.1) is 0 Å². The fourth-order valence-corrected chi connectivity index (χ4v) is 3.33. The lowest BCUT2D eigenvalue weighted by molar-refractivity contribution is 0.476. The van der Waals surface area contributed by atoms with Gasteiger partial charge in [-0.25, -0.2) is 0 Å². The largest absolute Gasteiger partial charge is 0.0998 e. The van der Waals surface area contributed by atoms with Crippen LogP contribution >= 0.6 is 0 Å². The van der Waals surface area contributed by atoms with Crippen molar-refractivity contribution >= 4 is 0 Å². The van der Waals surface area contributed by atoms with Crippen LogP contribution in [-0.2, 0) is 0 Å². The van der Waals surface area contributed by atoms with Gasteiger partial charge in [-0.1, -0.05) is 52.0 Å². The molecule has 0 aromatic carbocycles. The molecule has 0 aliphatic heterocycles. The summed E-state index contributed by atoms with van der Waals surface area (Å²) in [6, 6.07) is 0. The molecule has 0 bridgehead atoms. The van der Waals surface area contributed by atoms with Crippen molar-refractivity contribution in [3.05, 3.63) is 23.3 Å². The lowest BCUT2D eigenvalue weighted by Gasteiger charge is -2.18. The minimum atomic E-state index is 0. The molecule has 0 saturated heterocycles. The molecular formula is C17H32. The van der Waals surface area contributed by atoms with Crippen LogP contribution in [0, 0.1) is 17.8 Å². The van der Waals surface area contributed by atoms with E-state index in [1.165, 1.54) is 37.7 Å². The molecule has 2 aliphatic carbocycles. The zero-order valence-electron chi connectivity index (χ0n) is 10.5. The standard InChI is InChI=1S/C15H24.2CH4/c1-10(2)13-7-5-11(3)14-8-6-12(4)15(14)9-13;;/h11-13H,1,5-9H2,2-4H3;2*1H4/t11-,12-,13+;;/m0../s1. The summed E-state index contributed by atoms with van der Waals surface area (Å²) in [5.74, 6) is 2.46. The predicted octanol–water partition coefficient (Wildman–Crippen LogP) is 6.00. The van der Waals surface area contributed by atoms with Gasteiger partial charge in [0.2, 0.25) is 0 Å². The second kappa shape index (κ2) is 6.42. The van der Waals surface area contributed by atoms with Crippen LogP contribution < -0.4 is 0 Å². The van der Waals surface area contributed by atoms with E-state index < -0.39 is 0 Å². The Hall–Kier alpha value is -0.520. The Bertz CT molecular complexity index is 295. The summed E-state index contributed by atoms with van der Waals surface area (Å²) < 4.78 is 0. The molecule has 0 unspecified atom stereocenters. The van der Waals surface area contributed by atoms with E-state index in [1.807, 2.05) is 5.57 Å². The molecule has 100 valence electrons. The molecule has 0 aromatic rings. The van der Waals surface area contributed by atoms with Gasteiger partial charge >= 0.3 is 0 Å². The van der Waals surface area contributed by atoms with Crippen molar-refractivity contribution in [2.75, 3.05) is 0 Å². The Balaban J connectivity index is 0.00000128. The van der Waals surface area contributed by atoms with Crippen LogP contribution in [0.15, 0.2) is 23.3 Å². The van der Waals surface area contributed by atoms with E-state index in [9.17, 15) is 0 Å². The van der Waals surface area contributed by atoms with Crippen LogP contribution in [0.5, 0.6) is 0 Å². The first-order valence-electron chi connectivity index (χ1n) is 6.46. The zero-order valence-corrected chi connectivity index (χ0v) is 10.5. The van der Waals surface area contributed by atoms with Gasteiger partial charge in [0.1, 0.15) is 0 Å². The zero-order chi connectivity index (χ0) is 11.0. The Morgan fingerprint density at radius 3 is 2.18 bits per heavy atom. The molecule has 0 radical (unpaired) electrons.